The fraction of sp³-hybridized carbons (Fsp3) is 1.00. The Labute approximate surface area is 106 Å². The van der Waals surface area contributed by atoms with Gasteiger partial charge in [-0.3, -0.25) is 4.90 Å². The van der Waals surface area contributed by atoms with Gasteiger partial charge in [0.1, 0.15) is 0 Å². The average molecular weight is 239 g/mol. The molecule has 0 aromatic rings. The molecule has 0 radical (unpaired) electrons. The number of hydrogen-bond acceptors (Lipinski definition) is 3. The fourth-order valence-corrected chi connectivity index (χ4v) is 3.81. The lowest BCUT2D eigenvalue weighted by atomic mass is 9.86. The van der Waals surface area contributed by atoms with Crippen molar-refractivity contribution in [3.05, 3.63) is 0 Å². The highest BCUT2D eigenvalue weighted by molar-refractivity contribution is 5.04. The Hall–Kier alpha value is -0.120. The first kappa shape index (κ1) is 13.3. The maximum absolute atomic E-state index is 6.16. The predicted molar refractivity (Wildman–Crippen MR) is 73.1 cm³/mol. The van der Waals surface area contributed by atoms with Crippen molar-refractivity contribution in [3.8, 4) is 0 Å². The summed E-state index contributed by atoms with van der Waals surface area (Å²) in [6.45, 7) is 10.3. The third-order valence-electron chi connectivity index (χ3n) is 5.08. The van der Waals surface area contributed by atoms with Crippen LogP contribution in [0.25, 0.3) is 0 Å². The van der Waals surface area contributed by atoms with Gasteiger partial charge in [0.15, 0.2) is 0 Å². The van der Waals surface area contributed by atoms with Crippen molar-refractivity contribution in [1.82, 2.24) is 9.80 Å². The lowest BCUT2D eigenvalue weighted by Gasteiger charge is -2.48. The number of hydrogen-bond donors (Lipinski definition) is 1. The maximum atomic E-state index is 6.16. The van der Waals surface area contributed by atoms with Crippen LogP contribution in [0.1, 0.15) is 40.0 Å². The van der Waals surface area contributed by atoms with Crippen molar-refractivity contribution in [3.63, 3.8) is 0 Å². The van der Waals surface area contributed by atoms with Gasteiger partial charge in [0.2, 0.25) is 0 Å². The molecule has 0 aromatic carbocycles. The summed E-state index contributed by atoms with van der Waals surface area (Å²) in [7, 11) is 2.24. The van der Waals surface area contributed by atoms with E-state index in [1.54, 1.807) is 0 Å². The molecule has 100 valence electrons. The molecule has 2 aliphatic rings. The SMILES string of the molecule is CC1CCC(C)N(C2(CN)CC(C)N(C)C2)C1. The van der Waals surface area contributed by atoms with Crippen molar-refractivity contribution in [2.45, 2.75) is 57.7 Å². The Morgan fingerprint density at radius 1 is 1.18 bits per heavy atom. The third-order valence-corrected chi connectivity index (χ3v) is 5.08. The van der Waals surface area contributed by atoms with E-state index in [4.69, 9.17) is 5.73 Å². The van der Waals surface area contributed by atoms with E-state index in [0.29, 0.717) is 12.1 Å². The van der Waals surface area contributed by atoms with Gasteiger partial charge in [-0.25, -0.2) is 0 Å². The molecule has 2 rings (SSSR count). The monoisotopic (exact) mass is 239 g/mol. The van der Waals surface area contributed by atoms with Gasteiger partial charge in [-0.15, -0.1) is 0 Å². The average Bonchev–Trinajstić information content (AvgIpc) is 2.59. The molecule has 0 bridgehead atoms. The van der Waals surface area contributed by atoms with Crippen molar-refractivity contribution in [2.75, 3.05) is 26.7 Å². The van der Waals surface area contributed by atoms with E-state index in [1.807, 2.05) is 0 Å². The zero-order chi connectivity index (χ0) is 12.6. The maximum Gasteiger partial charge on any atom is 0.0476 e. The lowest BCUT2D eigenvalue weighted by Crippen LogP contribution is -2.61. The highest BCUT2D eigenvalue weighted by atomic mass is 15.3. The highest BCUT2D eigenvalue weighted by Crippen LogP contribution is 2.36. The van der Waals surface area contributed by atoms with Gasteiger partial charge < -0.3 is 10.6 Å². The Morgan fingerprint density at radius 3 is 2.41 bits per heavy atom. The minimum atomic E-state index is 0.238. The molecule has 0 aromatic heterocycles. The Kier molecular flexibility index (Phi) is 3.81. The molecule has 4 unspecified atom stereocenters. The Morgan fingerprint density at radius 2 is 1.88 bits per heavy atom. The van der Waals surface area contributed by atoms with Gasteiger partial charge in [0, 0.05) is 37.3 Å². The van der Waals surface area contributed by atoms with Crippen LogP contribution in [0, 0.1) is 5.92 Å². The predicted octanol–water partition coefficient (Wildman–Crippen LogP) is 1.53. The van der Waals surface area contributed by atoms with Gasteiger partial charge in [0.25, 0.3) is 0 Å². The van der Waals surface area contributed by atoms with E-state index < -0.39 is 0 Å². The zero-order valence-corrected chi connectivity index (χ0v) is 11.9. The van der Waals surface area contributed by atoms with E-state index in [1.165, 1.54) is 25.8 Å². The molecule has 0 aliphatic carbocycles. The van der Waals surface area contributed by atoms with Crippen molar-refractivity contribution in [1.29, 1.82) is 0 Å². The Balaban J connectivity index is 2.17. The molecule has 2 aliphatic heterocycles. The summed E-state index contributed by atoms with van der Waals surface area (Å²) < 4.78 is 0. The number of rotatable bonds is 2. The molecule has 2 saturated heterocycles. The zero-order valence-electron chi connectivity index (χ0n) is 11.9. The number of likely N-dealkylation sites (N-methyl/N-ethyl adjacent to an activating group) is 1. The van der Waals surface area contributed by atoms with Crippen LogP contribution in [0.15, 0.2) is 0 Å². The third kappa shape index (κ3) is 2.38. The largest absolute Gasteiger partial charge is 0.329 e. The van der Waals surface area contributed by atoms with Gasteiger partial charge in [-0.05, 0) is 46.1 Å². The van der Waals surface area contributed by atoms with Crippen molar-refractivity contribution < 1.29 is 0 Å². The summed E-state index contributed by atoms with van der Waals surface area (Å²) in [6.07, 6.45) is 3.95. The summed E-state index contributed by atoms with van der Waals surface area (Å²) in [5.41, 5.74) is 6.40. The van der Waals surface area contributed by atoms with E-state index in [9.17, 15) is 0 Å². The van der Waals surface area contributed by atoms with Crippen LogP contribution in [0.5, 0.6) is 0 Å². The molecule has 3 nitrogen and oxygen atoms in total. The minimum absolute atomic E-state index is 0.238. The van der Waals surface area contributed by atoms with Crippen LogP contribution in [-0.2, 0) is 0 Å². The van der Waals surface area contributed by atoms with E-state index in [2.05, 4.69) is 37.6 Å². The first-order valence-electron chi connectivity index (χ1n) is 7.15. The lowest BCUT2D eigenvalue weighted by molar-refractivity contribution is 0.0165. The normalized spacial score (nSPS) is 45.4. The van der Waals surface area contributed by atoms with Gasteiger partial charge in [-0.2, -0.15) is 0 Å². The Bertz CT molecular complexity index is 256. The minimum Gasteiger partial charge on any atom is -0.329 e. The second kappa shape index (κ2) is 4.87. The van der Waals surface area contributed by atoms with Crippen LogP contribution in [0.2, 0.25) is 0 Å². The second-order valence-electron chi connectivity index (χ2n) is 6.58. The fourth-order valence-electron chi connectivity index (χ4n) is 3.81. The molecule has 3 heteroatoms. The number of likely N-dealkylation sites (tertiary alicyclic amines) is 2. The molecule has 4 atom stereocenters. The number of nitrogens with two attached hydrogens (primary N) is 1. The molecule has 2 heterocycles. The summed E-state index contributed by atoms with van der Waals surface area (Å²) in [4.78, 5) is 5.19. The molecule has 17 heavy (non-hydrogen) atoms. The molecular formula is C14H29N3. The number of piperidine rings is 1. The highest BCUT2D eigenvalue weighted by Gasteiger charge is 2.46. The van der Waals surface area contributed by atoms with Crippen LogP contribution in [-0.4, -0.2) is 54.1 Å². The smallest absolute Gasteiger partial charge is 0.0476 e. The van der Waals surface area contributed by atoms with Crippen LogP contribution in [0.3, 0.4) is 0 Å². The molecule has 0 amide bonds. The first-order valence-corrected chi connectivity index (χ1v) is 7.15. The van der Waals surface area contributed by atoms with Crippen LogP contribution < -0.4 is 5.73 Å². The molecule has 2 fully saturated rings. The summed E-state index contributed by atoms with van der Waals surface area (Å²) in [5, 5.41) is 0. The van der Waals surface area contributed by atoms with Crippen molar-refractivity contribution >= 4 is 0 Å². The van der Waals surface area contributed by atoms with Gasteiger partial charge in [0.05, 0.1) is 0 Å². The summed E-state index contributed by atoms with van der Waals surface area (Å²) in [5.74, 6) is 0.829. The summed E-state index contributed by atoms with van der Waals surface area (Å²) >= 11 is 0. The molecule has 0 saturated carbocycles. The molecule has 2 N–H and O–H groups in total. The van der Waals surface area contributed by atoms with E-state index in [-0.39, 0.29) is 5.54 Å². The topological polar surface area (TPSA) is 32.5 Å². The number of nitrogens with zero attached hydrogens (tertiary/aromatic N) is 2. The quantitative estimate of drug-likeness (QED) is 0.793. The molecule has 0 spiro atoms. The van der Waals surface area contributed by atoms with Gasteiger partial charge >= 0.3 is 0 Å². The van der Waals surface area contributed by atoms with Gasteiger partial charge in [-0.1, -0.05) is 6.92 Å². The van der Waals surface area contributed by atoms with Crippen LogP contribution >= 0.6 is 0 Å². The van der Waals surface area contributed by atoms with E-state index >= 15 is 0 Å². The van der Waals surface area contributed by atoms with E-state index in [0.717, 1.165) is 19.0 Å². The van der Waals surface area contributed by atoms with Crippen molar-refractivity contribution in [2.24, 2.45) is 11.7 Å². The standard InChI is InChI=1S/C14H29N3/c1-11-5-6-12(2)17(8-11)14(9-15)7-13(3)16(4)10-14/h11-13H,5-10,15H2,1-4H3. The van der Waals surface area contributed by atoms with Crippen LogP contribution in [0.4, 0.5) is 0 Å². The second-order valence-corrected chi connectivity index (χ2v) is 6.58. The summed E-state index contributed by atoms with van der Waals surface area (Å²) in [6, 6.07) is 1.37. The first-order chi connectivity index (χ1) is 7.98. The molecular weight excluding hydrogens is 210 g/mol.